The molecule has 0 bridgehead atoms. The fraction of sp³-hybridized carbons (Fsp3) is 0.667. The van der Waals surface area contributed by atoms with Crippen LogP contribution >= 0.6 is 0 Å². The Hall–Kier alpha value is -1.52. The molecule has 2 atom stereocenters. The molecule has 5 nitrogen and oxygen atoms in total. The Morgan fingerprint density at radius 2 is 1.94 bits per heavy atom. The van der Waals surface area contributed by atoms with E-state index in [9.17, 15) is 9.59 Å². The quantitative estimate of drug-likeness (QED) is 0.621. The molecule has 0 saturated carbocycles. The maximum Gasteiger partial charge on any atom is 0.326 e. The predicted octanol–water partition coefficient (Wildman–Crippen LogP) is 1.75. The third-order valence-corrected chi connectivity index (χ3v) is 2.54. The van der Waals surface area contributed by atoms with Gasteiger partial charge in [-0.3, -0.25) is 0 Å². The molecule has 17 heavy (non-hydrogen) atoms. The van der Waals surface area contributed by atoms with Crippen LogP contribution in [0.4, 0.5) is 4.79 Å². The Morgan fingerprint density at radius 3 is 2.35 bits per heavy atom. The molecule has 0 aliphatic rings. The molecule has 0 aliphatic heterocycles. The van der Waals surface area contributed by atoms with E-state index < -0.39 is 18.0 Å². The first kappa shape index (κ1) is 15.5. The van der Waals surface area contributed by atoms with Crippen LogP contribution in [-0.2, 0) is 4.79 Å². The number of carbonyl (C=O) groups excluding carboxylic acids is 1. The minimum atomic E-state index is -1.00. The van der Waals surface area contributed by atoms with Crippen molar-refractivity contribution in [2.75, 3.05) is 6.54 Å². The number of allylic oxidation sites excluding steroid dienone is 1. The van der Waals surface area contributed by atoms with Crippen LogP contribution in [0.1, 0.15) is 34.1 Å². The van der Waals surface area contributed by atoms with Gasteiger partial charge in [0.15, 0.2) is 0 Å². The lowest BCUT2D eigenvalue weighted by Gasteiger charge is -2.20. The Labute approximate surface area is 102 Å². The molecule has 0 fully saturated rings. The highest BCUT2D eigenvalue weighted by Crippen LogP contribution is 2.07. The van der Waals surface area contributed by atoms with Crippen LogP contribution in [0.5, 0.6) is 0 Å². The zero-order valence-corrected chi connectivity index (χ0v) is 10.9. The Balaban J connectivity index is 4.23. The van der Waals surface area contributed by atoms with Crippen molar-refractivity contribution >= 4 is 12.0 Å². The summed E-state index contributed by atoms with van der Waals surface area (Å²) in [4.78, 5) is 22.4. The number of urea groups is 1. The number of carboxylic acids is 1. The van der Waals surface area contributed by atoms with Crippen molar-refractivity contribution < 1.29 is 14.7 Å². The third-order valence-electron chi connectivity index (χ3n) is 2.54. The summed E-state index contributed by atoms with van der Waals surface area (Å²) in [5, 5.41) is 14.0. The summed E-state index contributed by atoms with van der Waals surface area (Å²) in [6, 6.07) is -1.29. The van der Waals surface area contributed by atoms with Crippen molar-refractivity contribution in [2.45, 2.75) is 40.2 Å². The van der Waals surface area contributed by atoms with Crippen molar-refractivity contribution in [3.05, 3.63) is 11.6 Å². The topological polar surface area (TPSA) is 78.4 Å². The van der Waals surface area contributed by atoms with Crippen molar-refractivity contribution in [1.29, 1.82) is 0 Å². The van der Waals surface area contributed by atoms with Crippen molar-refractivity contribution in [3.8, 4) is 0 Å². The average molecular weight is 242 g/mol. The van der Waals surface area contributed by atoms with Gasteiger partial charge in [-0.05, 0) is 19.8 Å². The number of aliphatic carboxylic acids is 1. The van der Waals surface area contributed by atoms with E-state index >= 15 is 0 Å². The maximum absolute atomic E-state index is 11.4. The van der Waals surface area contributed by atoms with Gasteiger partial charge >= 0.3 is 12.0 Å². The molecule has 0 aromatic heterocycles. The van der Waals surface area contributed by atoms with Gasteiger partial charge in [-0.1, -0.05) is 31.9 Å². The van der Waals surface area contributed by atoms with E-state index in [4.69, 9.17) is 5.11 Å². The van der Waals surface area contributed by atoms with Gasteiger partial charge < -0.3 is 15.7 Å². The minimum absolute atomic E-state index is 0.0956. The highest BCUT2D eigenvalue weighted by atomic mass is 16.4. The molecule has 2 unspecified atom stereocenters. The first-order valence-corrected chi connectivity index (χ1v) is 5.79. The van der Waals surface area contributed by atoms with Gasteiger partial charge in [0, 0.05) is 6.54 Å². The van der Waals surface area contributed by atoms with Crippen LogP contribution in [0, 0.1) is 5.92 Å². The van der Waals surface area contributed by atoms with Gasteiger partial charge in [0.05, 0.1) is 0 Å². The van der Waals surface area contributed by atoms with Crippen LogP contribution < -0.4 is 10.6 Å². The Bertz CT molecular complexity index is 296. The van der Waals surface area contributed by atoms with Crippen molar-refractivity contribution in [1.82, 2.24) is 10.6 Å². The van der Waals surface area contributed by atoms with E-state index in [1.54, 1.807) is 6.92 Å². The van der Waals surface area contributed by atoms with Gasteiger partial charge in [-0.25, -0.2) is 9.59 Å². The van der Waals surface area contributed by atoms with Crippen LogP contribution in [0.25, 0.3) is 0 Å². The molecule has 0 heterocycles. The summed E-state index contributed by atoms with van der Waals surface area (Å²) in [5.74, 6) is -1.10. The second kappa shape index (κ2) is 7.70. The number of carbonyl (C=O) groups is 2. The minimum Gasteiger partial charge on any atom is -0.480 e. The van der Waals surface area contributed by atoms with Crippen molar-refractivity contribution in [2.24, 2.45) is 5.92 Å². The molecule has 5 heteroatoms. The molecular weight excluding hydrogens is 220 g/mol. The standard InChI is InChI=1S/C12H22N2O3/c1-5-9(4)10(11(15)16)14-12(17)13-7-6-8(2)3/h6,9-10H,5,7H2,1-4H3,(H,15,16)(H2,13,14,17). The normalized spacial score (nSPS) is 13.4. The zero-order chi connectivity index (χ0) is 13.4. The predicted molar refractivity (Wildman–Crippen MR) is 66.8 cm³/mol. The number of amides is 2. The molecule has 0 saturated heterocycles. The average Bonchev–Trinajstić information content (AvgIpc) is 2.24. The van der Waals surface area contributed by atoms with Crippen LogP contribution in [0.3, 0.4) is 0 Å². The summed E-state index contributed by atoms with van der Waals surface area (Å²) in [5.41, 5.74) is 1.10. The lowest BCUT2D eigenvalue weighted by Crippen LogP contribution is -2.49. The van der Waals surface area contributed by atoms with E-state index in [0.29, 0.717) is 13.0 Å². The molecule has 0 radical (unpaired) electrons. The SMILES string of the molecule is CCC(C)C(NC(=O)NCC=C(C)C)C(=O)O. The highest BCUT2D eigenvalue weighted by Gasteiger charge is 2.24. The largest absolute Gasteiger partial charge is 0.480 e. The molecule has 98 valence electrons. The molecule has 0 spiro atoms. The fourth-order valence-corrected chi connectivity index (χ4v) is 1.22. The van der Waals surface area contributed by atoms with Crippen LogP contribution in [0.15, 0.2) is 11.6 Å². The van der Waals surface area contributed by atoms with E-state index in [1.165, 1.54) is 0 Å². The van der Waals surface area contributed by atoms with E-state index in [0.717, 1.165) is 5.57 Å². The van der Waals surface area contributed by atoms with E-state index in [2.05, 4.69) is 10.6 Å². The van der Waals surface area contributed by atoms with Crippen LogP contribution in [0.2, 0.25) is 0 Å². The fourth-order valence-electron chi connectivity index (χ4n) is 1.22. The number of hydrogen-bond donors (Lipinski definition) is 3. The zero-order valence-electron chi connectivity index (χ0n) is 10.9. The lowest BCUT2D eigenvalue weighted by atomic mass is 9.99. The number of carboxylic acid groups (broad SMARTS) is 1. The molecule has 0 aliphatic carbocycles. The van der Waals surface area contributed by atoms with E-state index in [1.807, 2.05) is 26.8 Å². The molecule has 3 N–H and O–H groups in total. The van der Waals surface area contributed by atoms with Gasteiger partial charge in [-0.2, -0.15) is 0 Å². The van der Waals surface area contributed by atoms with Gasteiger partial charge in [-0.15, -0.1) is 0 Å². The number of nitrogens with one attached hydrogen (secondary N) is 2. The first-order chi connectivity index (χ1) is 7.88. The molecule has 0 aromatic carbocycles. The lowest BCUT2D eigenvalue weighted by molar-refractivity contribution is -0.140. The monoisotopic (exact) mass is 242 g/mol. The molecule has 0 aromatic rings. The third kappa shape index (κ3) is 6.60. The second-order valence-corrected chi connectivity index (χ2v) is 4.34. The van der Waals surface area contributed by atoms with Gasteiger partial charge in [0.2, 0.25) is 0 Å². The molecule has 0 rings (SSSR count). The molecular formula is C12H22N2O3. The van der Waals surface area contributed by atoms with E-state index in [-0.39, 0.29) is 5.92 Å². The smallest absolute Gasteiger partial charge is 0.326 e. The van der Waals surface area contributed by atoms with Crippen LogP contribution in [-0.4, -0.2) is 29.7 Å². The van der Waals surface area contributed by atoms with Gasteiger partial charge in [0.25, 0.3) is 0 Å². The summed E-state index contributed by atoms with van der Waals surface area (Å²) < 4.78 is 0. The highest BCUT2D eigenvalue weighted by molar-refractivity contribution is 5.82. The number of hydrogen-bond acceptors (Lipinski definition) is 2. The van der Waals surface area contributed by atoms with Crippen molar-refractivity contribution in [3.63, 3.8) is 0 Å². The second-order valence-electron chi connectivity index (χ2n) is 4.34. The summed E-state index contributed by atoms with van der Waals surface area (Å²) >= 11 is 0. The summed E-state index contributed by atoms with van der Waals surface area (Å²) in [7, 11) is 0. The molecule has 2 amide bonds. The van der Waals surface area contributed by atoms with Gasteiger partial charge in [0.1, 0.15) is 6.04 Å². The number of rotatable bonds is 6. The Morgan fingerprint density at radius 1 is 1.35 bits per heavy atom. The summed E-state index contributed by atoms with van der Waals surface area (Å²) in [6.45, 7) is 7.96. The first-order valence-electron chi connectivity index (χ1n) is 5.79. The summed E-state index contributed by atoms with van der Waals surface area (Å²) in [6.07, 6.45) is 2.56. The Kier molecular flexibility index (Phi) is 7.02. The maximum atomic E-state index is 11.4.